The van der Waals surface area contributed by atoms with Gasteiger partial charge in [0.15, 0.2) is 6.54 Å². The molecule has 2 aliphatic carbocycles. The Labute approximate surface area is 314 Å². The molecule has 0 amide bonds. The summed E-state index contributed by atoms with van der Waals surface area (Å²) in [7, 11) is 0. The third-order valence-electron chi connectivity index (χ3n) is 11.3. The van der Waals surface area contributed by atoms with E-state index in [1.165, 1.54) is 72.2 Å². The van der Waals surface area contributed by atoms with Crippen LogP contribution in [0.3, 0.4) is 0 Å². The van der Waals surface area contributed by atoms with Crippen molar-refractivity contribution in [1.82, 2.24) is 0 Å². The lowest BCUT2D eigenvalue weighted by atomic mass is 9.78. The lowest BCUT2D eigenvalue weighted by Gasteiger charge is -2.39. The van der Waals surface area contributed by atoms with Gasteiger partial charge in [-0.1, -0.05) is 107 Å². The highest BCUT2D eigenvalue weighted by atomic mass is 16.3. The summed E-state index contributed by atoms with van der Waals surface area (Å²) in [4.78, 5) is 2.44. The number of aryl methyl sites for hydroxylation is 4. The van der Waals surface area contributed by atoms with E-state index < -0.39 is 6.10 Å². The number of anilines is 2. The average molecular weight is 699 g/mol. The largest absolute Gasteiger partial charge is 0.872 e. The lowest BCUT2D eigenvalue weighted by Crippen LogP contribution is -2.34. The molecule has 0 fully saturated rings. The minimum Gasteiger partial charge on any atom is -0.872 e. The number of allylic oxidation sites excluding steroid dienone is 5. The number of aliphatic hydroxyl groups excluding tert-OH is 1. The summed E-state index contributed by atoms with van der Waals surface area (Å²) >= 11 is 0. The molecule has 4 nitrogen and oxygen atoms in total. The first kappa shape index (κ1) is 39.1. The Morgan fingerprint density at radius 2 is 1.31 bits per heavy atom. The molecular weight excluding hydrogens is 637 g/mol. The summed E-state index contributed by atoms with van der Waals surface area (Å²) in [6.07, 6.45) is 16.9. The van der Waals surface area contributed by atoms with Crippen LogP contribution in [0.4, 0.5) is 17.1 Å². The van der Waals surface area contributed by atoms with Crippen molar-refractivity contribution in [3.8, 4) is 0 Å². The van der Waals surface area contributed by atoms with E-state index in [2.05, 4.69) is 126 Å². The Balaban J connectivity index is 1.43. The summed E-state index contributed by atoms with van der Waals surface area (Å²) in [5, 5.41) is 25.2. The van der Waals surface area contributed by atoms with Crippen LogP contribution in [0.5, 0.6) is 0 Å². The van der Waals surface area contributed by atoms with E-state index in [1.807, 2.05) is 24.3 Å². The Morgan fingerprint density at radius 1 is 0.712 bits per heavy atom. The minimum absolute atomic E-state index is 0.0679. The monoisotopic (exact) mass is 698 g/mol. The topological polar surface area (TPSA) is 49.5 Å². The summed E-state index contributed by atoms with van der Waals surface area (Å²) < 4.78 is 2.44. The number of hydrogen-bond acceptors (Lipinski definition) is 3. The molecule has 0 radical (unpaired) electrons. The van der Waals surface area contributed by atoms with E-state index in [0.717, 1.165) is 48.5 Å². The second-order valence-electron chi connectivity index (χ2n) is 15.3. The number of aliphatic hydroxyl groups is 1. The molecule has 4 heteroatoms. The summed E-state index contributed by atoms with van der Waals surface area (Å²) in [5.74, 6) is 1.12. The maximum absolute atomic E-state index is 13.7. The maximum atomic E-state index is 13.7. The van der Waals surface area contributed by atoms with Crippen molar-refractivity contribution in [2.24, 2.45) is 11.8 Å². The predicted octanol–water partition coefficient (Wildman–Crippen LogP) is 11.1. The molecule has 0 bridgehead atoms. The van der Waals surface area contributed by atoms with Gasteiger partial charge in [-0.3, -0.25) is 0 Å². The van der Waals surface area contributed by atoms with Gasteiger partial charge in [0.25, 0.3) is 0 Å². The van der Waals surface area contributed by atoms with Gasteiger partial charge in [0.05, 0.1) is 0 Å². The number of unbranched alkanes of at least 4 members (excludes halogenated alkanes) is 2. The highest BCUT2D eigenvalue weighted by Gasteiger charge is 2.32. The molecule has 2 aliphatic rings. The average Bonchev–Trinajstić information content (AvgIpc) is 3.13. The van der Waals surface area contributed by atoms with Crippen molar-refractivity contribution >= 4 is 28.3 Å². The molecule has 3 unspecified atom stereocenters. The van der Waals surface area contributed by atoms with Crippen molar-refractivity contribution < 1.29 is 14.8 Å². The summed E-state index contributed by atoms with van der Waals surface area (Å²) in [6, 6.07) is 21.6. The molecule has 0 heterocycles. The molecule has 0 saturated carbocycles. The molecule has 276 valence electrons. The first-order valence-electron chi connectivity index (χ1n) is 20.0. The third-order valence-corrected chi connectivity index (χ3v) is 11.3. The van der Waals surface area contributed by atoms with Crippen LogP contribution in [0.25, 0.3) is 5.57 Å². The molecular formula is C48H62N2O2. The van der Waals surface area contributed by atoms with Gasteiger partial charge in [-0.2, -0.15) is 4.58 Å². The van der Waals surface area contributed by atoms with E-state index in [0.29, 0.717) is 23.0 Å². The zero-order valence-electron chi connectivity index (χ0n) is 33.1. The first-order valence-corrected chi connectivity index (χ1v) is 20.0. The van der Waals surface area contributed by atoms with Gasteiger partial charge < -0.3 is 15.1 Å². The standard InChI is InChI=1S/C48H62N2O2/c1-9-13-15-37(11-3)31-49(43-27-17-33(5)29-35(43)7)41-23-19-39(20-24-41)45-47(51)46(48(45)52)40-21-25-42(26-22-40)50(32-38(12-4)16-14-10-2)44-28-18-34(6)30-36(44)8/h17-30,37-38,47,51H,9-16,31-32H2,1-8H3. The molecule has 5 rings (SSSR count). The van der Waals surface area contributed by atoms with Crippen LogP contribution in [-0.2, 0) is 0 Å². The van der Waals surface area contributed by atoms with Gasteiger partial charge in [0.2, 0.25) is 11.4 Å². The number of benzene rings is 3. The van der Waals surface area contributed by atoms with Crippen LogP contribution in [0.2, 0.25) is 0 Å². The highest BCUT2D eigenvalue weighted by Crippen LogP contribution is 2.42. The zero-order chi connectivity index (χ0) is 37.4. The second kappa shape index (κ2) is 18.1. The molecule has 52 heavy (non-hydrogen) atoms. The Bertz CT molecular complexity index is 1840. The fourth-order valence-electron chi connectivity index (χ4n) is 7.93. The van der Waals surface area contributed by atoms with Crippen molar-refractivity contribution in [2.75, 3.05) is 18.0 Å². The first-order chi connectivity index (χ1) is 25.1. The zero-order valence-corrected chi connectivity index (χ0v) is 33.1. The smallest absolute Gasteiger partial charge is 0.208 e. The van der Waals surface area contributed by atoms with Gasteiger partial charge in [-0.05, 0) is 117 Å². The van der Waals surface area contributed by atoms with Crippen LogP contribution >= 0.6 is 0 Å². The van der Waals surface area contributed by atoms with E-state index in [4.69, 9.17) is 0 Å². The normalized spacial score (nSPS) is 16.7. The molecule has 3 aromatic carbocycles. The van der Waals surface area contributed by atoms with Gasteiger partial charge in [0.1, 0.15) is 6.10 Å². The second-order valence-corrected chi connectivity index (χ2v) is 15.3. The van der Waals surface area contributed by atoms with E-state index in [-0.39, 0.29) is 5.76 Å². The Morgan fingerprint density at radius 3 is 1.87 bits per heavy atom. The molecule has 0 saturated heterocycles. The molecule has 3 aromatic rings. The van der Waals surface area contributed by atoms with Crippen molar-refractivity contribution in [3.63, 3.8) is 0 Å². The molecule has 0 spiro atoms. The molecule has 0 aliphatic heterocycles. The molecule has 1 N–H and O–H groups in total. The quantitative estimate of drug-likeness (QED) is 0.152. The molecule has 3 atom stereocenters. The van der Waals surface area contributed by atoms with Crippen LogP contribution in [0, 0.1) is 39.5 Å². The van der Waals surface area contributed by atoms with Crippen LogP contribution < -0.4 is 10.0 Å². The van der Waals surface area contributed by atoms with Gasteiger partial charge in [-0.25, -0.2) is 0 Å². The Kier molecular flexibility index (Phi) is 13.6. The SMILES string of the molecule is CCCCC(CC)CN(c1ccc(C2=C([O-])C(=C3C=CC(=[N+](CC(CC)CCCC)c4ccc(C)cc4C)C=C3)C2O)cc1)c1ccc(C)cc1C. The van der Waals surface area contributed by atoms with Gasteiger partial charge >= 0.3 is 0 Å². The van der Waals surface area contributed by atoms with Crippen molar-refractivity contribution in [3.05, 3.63) is 130 Å². The van der Waals surface area contributed by atoms with E-state index in [9.17, 15) is 10.2 Å². The minimum atomic E-state index is -0.910. The van der Waals surface area contributed by atoms with Crippen LogP contribution in [-0.4, -0.2) is 34.6 Å². The van der Waals surface area contributed by atoms with Crippen molar-refractivity contribution in [2.45, 2.75) is 113 Å². The van der Waals surface area contributed by atoms with Gasteiger partial charge in [-0.15, -0.1) is 0 Å². The van der Waals surface area contributed by atoms with Crippen LogP contribution in [0.1, 0.15) is 107 Å². The predicted molar refractivity (Wildman–Crippen MR) is 220 cm³/mol. The van der Waals surface area contributed by atoms with Gasteiger partial charge in [0, 0.05) is 47.6 Å². The van der Waals surface area contributed by atoms with Crippen LogP contribution in [0.15, 0.2) is 102 Å². The fraction of sp³-hybridized carbons (Fsp3) is 0.438. The third kappa shape index (κ3) is 8.89. The van der Waals surface area contributed by atoms with Crippen molar-refractivity contribution in [1.29, 1.82) is 0 Å². The summed E-state index contributed by atoms with van der Waals surface area (Å²) in [6.45, 7) is 19.7. The fourth-order valence-corrected chi connectivity index (χ4v) is 7.93. The molecule has 0 aromatic heterocycles. The maximum Gasteiger partial charge on any atom is 0.208 e. The summed E-state index contributed by atoms with van der Waals surface area (Å²) in [5.41, 5.74) is 12.3. The number of hydrogen-bond donors (Lipinski definition) is 1. The Hall–Kier alpha value is -4.15. The number of nitrogens with zero attached hydrogens (tertiary/aromatic N) is 2. The van der Waals surface area contributed by atoms with E-state index >= 15 is 0 Å². The number of rotatable bonds is 16. The highest BCUT2D eigenvalue weighted by molar-refractivity contribution is 6.03. The lowest BCUT2D eigenvalue weighted by molar-refractivity contribution is -0.449. The van der Waals surface area contributed by atoms with E-state index in [1.54, 1.807) is 0 Å².